The van der Waals surface area contributed by atoms with Gasteiger partial charge in [-0.25, -0.2) is 4.79 Å². The van der Waals surface area contributed by atoms with Crippen molar-refractivity contribution in [3.05, 3.63) is 23.8 Å². The maximum absolute atomic E-state index is 11.5. The molecule has 2 aliphatic heterocycles. The van der Waals surface area contributed by atoms with Crippen molar-refractivity contribution in [2.24, 2.45) is 0 Å². The lowest BCUT2D eigenvalue weighted by molar-refractivity contribution is 0.0696. The number of carboxylic acids is 1. The zero-order chi connectivity index (χ0) is 14.8. The van der Waals surface area contributed by atoms with Crippen LogP contribution in [0, 0.1) is 0 Å². The van der Waals surface area contributed by atoms with Gasteiger partial charge in [0.15, 0.2) is 0 Å². The standard InChI is InChI=1S/C16H22N2O3/c1-21-13-5-6-14(16(19)20)15(10-13)18-9-8-17-7-3-2-4-12(17)11-18/h5-6,10,12H,2-4,7-9,11H2,1H3,(H,19,20). The van der Waals surface area contributed by atoms with Crippen molar-refractivity contribution in [1.82, 2.24) is 4.90 Å². The molecule has 2 fully saturated rings. The summed E-state index contributed by atoms with van der Waals surface area (Å²) in [4.78, 5) is 16.2. The summed E-state index contributed by atoms with van der Waals surface area (Å²) in [5.41, 5.74) is 1.15. The lowest BCUT2D eigenvalue weighted by atomic mass is 9.98. The number of piperazine rings is 1. The van der Waals surface area contributed by atoms with E-state index in [0.717, 1.165) is 25.3 Å². The predicted molar refractivity (Wildman–Crippen MR) is 81.4 cm³/mol. The number of hydrogen-bond acceptors (Lipinski definition) is 4. The van der Waals surface area contributed by atoms with E-state index in [2.05, 4.69) is 9.80 Å². The number of nitrogens with zero attached hydrogens (tertiary/aromatic N) is 2. The van der Waals surface area contributed by atoms with Crippen LogP contribution < -0.4 is 9.64 Å². The third kappa shape index (κ3) is 2.83. The molecule has 0 bridgehead atoms. The van der Waals surface area contributed by atoms with Crippen LogP contribution in [0.5, 0.6) is 5.75 Å². The van der Waals surface area contributed by atoms with Gasteiger partial charge in [-0.1, -0.05) is 6.42 Å². The fourth-order valence-electron chi connectivity index (χ4n) is 3.46. The maximum Gasteiger partial charge on any atom is 0.337 e. The van der Waals surface area contributed by atoms with Crippen LogP contribution in [0.15, 0.2) is 18.2 Å². The number of rotatable bonds is 3. The summed E-state index contributed by atoms with van der Waals surface area (Å²) in [6, 6.07) is 5.76. The van der Waals surface area contributed by atoms with E-state index in [9.17, 15) is 9.90 Å². The Kier molecular flexibility index (Phi) is 4.01. The van der Waals surface area contributed by atoms with Crippen molar-refractivity contribution < 1.29 is 14.6 Å². The Hall–Kier alpha value is -1.75. The number of anilines is 1. The van der Waals surface area contributed by atoms with Crippen molar-refractivity contribution in [2.45, 2.75) is 25.3 Å². The zero-order valence-electron chi connectivity index (χ0n) is 12.4. The normalized spacial score (nSPS) is 22.7. The highest BCUT2D eigenvalue weighted by atomic mass is 16.5. The monoisotopic (exact) mass is 290 g/mol. The molecule has 0 aliphatic carbocycles. The van der Waals surface area contributed by atoms with E-state index in [4.69, 9.17) is 4.74 Å². The Morgan fingerprint density at radius 3 is 2.90 bits per heavy atom. The van der Waals surface area contributed by atoms with Crippen LogP contribution in [-0.2, 0) is 0 Å². The Morgan fingerprint density at radius 1 is 1.29 bits per heavy atom. The van der Waals surface area contributed by atoms with Gasteiger partial charge in [0.05, 0.1) is 18.4 Å². The number of fused-ring (bicyclic) bond motifs is 1. The molecule has 1 aromatic carbocycles. The Labute approximate surface area is 125 Å². The van der Waals surface area contributed by atoms with Crippen LogP contribution >= 0.6 is 0 Å². The van der Waals surface area contributed by atoms with Gasteiger partial charge >= 0.3 is 5.97 Å². The summed E-state index contributed by atoms with van der Waals surface area (Å²) >= 11 is 0. The Morgan fingerprint density at radius 2 is 2.14 bits per heavy atom. The van der Waals surface area contributed by atoms with Crippen LogP contribution in [0.2, 0.25) is 0 Å². The van der Waals surface area contributed by atoms with E-state index >= 15 is 0 Å². The van der Waals surface area contributed by atoms with Crippen LogP contribution in [-0.4, -0.2) is 55.3 Å². The number of ether oxygens (including phenoxy) is 1. The van der Waals surface area contributed by atoms with E-state index < -0.39 is 5.97 Å². The Bertz CT molecular complexity index is 532. The smallest absolute Gasteiger partial charge is 0.337 e. The maximum atomic E-state index is 11.5. The minimum absolute atomic E-state index is 0.361. The molecule has 5 heteroatoms. The van der Waals surface area contributed by atoms with Crippen LogP contribution in [0.25, 0.3) is 0 Å². The zero-order valence-corrected chi connectivity index (χ0v) is 12.4. The fourth-order valence-corrected chi connectivity index (χ4v) is 3.46. The van der Waals surface area contributed by atoms with Gasteiger partial charge in [0.2, 0.25) is 0 Å². The molecule has 21 heavy (non-hydrogen) atoms. The number of piperidine rings is 1. The van der Waals surface area contributed by atoms with E-state index in [1.54, 1.807) is 19.2 Å². The minimum Gasteiger partial charge on any atom is -0.497 e. The minimum atomic E-state index is -0.876. The number of methoxy groups -OCH3 is 1. The summed E-state index contributed by atoms with van der Waals surface area (Å²) in [6.45, 7) is 3.99. The SMILES string of the molecule is COc1ccc(C(=O)O)c(N2CCN3CCCCC3C2)c1. The van der Waals surface area contributed by atoms with Gasteiger partial charge in [0.1, 0.15) is 5.75 Å². The number of carbonyl (C=O) groups is 1. The van der Waals surface area contributed by atoms with Crippen LogP contribution in [0.4, 0.5) is 5.69 Å². The average Bonchev–Trinajstić information content (AvgIpc) is 2.53. The second kappa shape index (κ2) is 5.93. The summed E-state index contributed by atoms with van der Waals surface area (Å²) in [7, 11) is 1.61. The molecule has 0 spiro atoms. The van der Waals surface area contributed by atoms with Crippen molar-refractivity contribution in [1.29, 1.82) is 0 Å². The van der Waals surface area contributed by atoms with Gasteiger partial charge in [-0.2, -0.15) is 0 Å². The molecular weight excluding hydrogens is 268 g/mol. The summed E-state index contributed by atoms with van der Waals surface area (Å²) < 4.78 is 5.26. The molecule has 1 atom stereocenters. The van der Waals surface area contributed by atoms with E-state index in [1.807, 2.05) is 6.07 Å². The highest BCUT2D eigenvalue weighted by Gasteiger charge is 2.30. The first-order valence-corrected chi connectivity index (χ1v) is 7.59. The summed E-state index contributed by atoms with van der Waals surface area (Å²) in [6.07, 6.45) is 3.78. The quantitative estimate of drug-likeness (QED) is 0.923. The molecule has 2 saturated heterocycles. The van der Waals surface area contributed by atoms with Crippen molar-refractivity contribution in [3.8, 4) is 5.75 Å². The molecule has 2 aliphatic rings. The lowest BCUT2D eigenvalue weighted by Crippen LogP contribution is -2.55. The molecule has 0 amide bonds. The second-order valence-electron chi connectivity index (χ2n) is 5.82. The van der Waals surface area contributed by atoms with Crippen LogP contribution in [0.3, 0.4) is 0 Å². The first-order chi connectivity index (χ1) is 10.2. The van der Waals surface area contributed by atoms with E-state index in [-0.39, 0.29) is 0 Å². The van der Waals surface area contributed by atoms with Gasteiger partial charge in [-0.3, -0.25) is 4.90 Å². The summed E-state index contributed by atoms with van der Waals surface area (Å²) in [5.74, 6) is -0.167. The van der Waals surface area contributed by atoms with E-state index in [1.165, 1.54) is 25.8 Å². The lowest BCUT2D eigenvalue weighted by Gasteiger charge is -2.45. The van der Waals surface area contributed by atoms with Gasteiger partial charge in [0, 0.05) is 31.7 Å². The molecule has 0 aromatic heterocycles. The van der Waals surface area contributed by atoms with Gasteiger partial charge in [0.25, 0.3) is 0 Å². The topological polar surface area (TPSA) is 53.0 Å². The van der Waals surface area contributed by atoms with Gasteiger partial charge < -0.3 is 14.7 Å². The predicted octanol–water partition coefficient (Wildman–Crippen LogP) is 2.07. The Balaban J connectivity index is 1.86. The third-order valence-corrected chi connectivity index (χ3v) is 4.61. The molecule has 1 unspecified atom stereocenters. The molecule has 0 saturated carbocycles. The van der Waals surface area contributed by atoms with Gasteiger partial charge in [-0.05, 0) is 31.5 Å². The number of aromatic carboxylic acids is 1. The number of benzene rings is 1. The van der Waals surface area contributed by atoms with Crippen molar-refractivity contribution >= 4 is 11.7 Å². The van der Waals surface area contributed by atoms with Crippen LogP contribution in [0.1, 0.15) is 29.6 Å². The number of carboxylic acid groups (broad SMARTS) is 1. The highest BCUT2D eigenvalue weighted by Crippen LogP contribution is 2.30. The molecule has 1 N–H and O–H groups in total. The fraction of sp³-hybridized carbons (Fsp3) is 0.562. The number of hydrogen-bond donors (Lipinski definition) is 1. The first kappa shape index (κ1) is 14.2. The molecular formula is C16H22N2O3. The highest BCUT2D eigenvalue weighted by molar-refractivity contribution is 5.95. The van der Waals surface area contributed by atoms with E-state index in [0.29, 0.717) is 17.4 Å². The molecule has 0 radical (unpaired) electrons. The molecule has 2 heterocycles. The largest absolute Gasteiger partial charge is 0.497 e. The van der Waals surface area contributed by atoms with Crippen molar-refractivity contribution in [2.75, 3.05) is 38.2 Å². The average molecular weight is 290 g/mol. The first-order valence-electron chi connectivity index (χ1n) is 7.59. The molecule has 1 aromatic rings. The van der Waals surface area contributed by atoms with Crippen molar-refractivity contribution in [3.63, 3.8) is 0 Å². The molecule has 114 valence electrons. The van der Waals surface area contributed by atoms with Gasteiger partial charge in [-0.15, -0.1) is 0 Å². The molecule has 3 rings (SSSR count). The summed E-state index contributed by atoms with van der Waals surface area (Å²) in [5, 5.41) is 9.41. The molecule has 5 nitrogen and oxygen atoms in total. The second-order valence-corrected chi connectivity index (χ2v) is 5.82. The third-order valence-electron chi connectivity index (χ3n) is 4.61.